The van der Waals surface area contributed by atoms with Crippen molar-refractivity contribution < 1.29 is 19.7 Å². The maximum atomic E-state index is 8.81. The Morgan fingerprint density at radius 2 is 1.82 bits per heavy atom. The van der Waals surface area contributed by atoms with Crippen molar-refractivity contribution in [2.75, 3.05) is 0 Å². The minimum absolute atomic E-state index is 0.273. The molecule has 1 aliphatic heterocycles. The van der Waals surface area contributed by atoms with Crippen molar-refractivity contribution in [1.82, 2.24) is 0 Å². The summed E-state index contributed by atoms with van der Waals surface area (Å²) in [5, 5.41) is 17.6. The van der Waals surface area contributed by atoms with Crippen LogP contribution in [0.1, 0.15) is 20.8 Å². The van der Waals surface area contributed by atoms with Crippen molar-refractivity contribution in [3.63, 3.8) is 0 Å². The van der Waals surface area contributed by atoms with Gasteiger partial charge in [-0.15, -0.1) is 0 Å². The fraction of sp³-hybridized carbons (Fsp3) is 1.00. The van der Waals surface area contributed by atoms with Crippen LogP contribution in [0.2, 0.25) is 0 Å². The van der Waals surface area contributed by atoms with Crippen molar-refractivity contribution in [1.29, 1.82) is 0 Å². The number of ether oxygens (including phenoxy) is 2. The van der Waals surface area contributed by atoms with E-state index in [4.69, 9.17) is 19.7 Å². The monoisotopic (exact) mass is 162 g/mol. The first-order chi connectivity index (χ1) is 4.92. The van der Waals surface area contributed by atoms with Gasteiger partial charge >= 0.3 is 0 Å². The van der Waals surface area contributed by atoms with E-state index in [9.17, 15) is 0 Å². The van der Waals surface area contributed by atoms with Crippen molar-refractivity contribution in [2.24, 2.45) is 0 Å². The van der Waals surface area contributed by atoms with E-state index < -0.39 is 18.2 Å². The summed E-state index contributed by atoms with van der Waals surface area (Å²) in [6.07, 6.45) is -2.37. The van der Waals surface area contributed by atoms with Crippen LogP contribution in [0.5, 0.6) is 0 Å². The van der Waals surface area contributed by atoms with E-state index in [1.54, 1.807) is 20.8 Å². The van der Waals surface area contributed by atoms with Gasteiger partial charge in [0.15, 0.2) is 12.1 Å². The molecule has 2 atom stereocenters. The van der Waals surface area contributed by atoms with E-state index in [-0.39, 0.29) is 6.10 Å². The third-order valence-electron chi connectivity index (χ3n) is 1.65. The van der Waals surface area contributed by atoms with Gasteiger partial charge in [-0.25, -0.2) is 0 Å². The Labute approximate surface area is 65.7 Å². The molecule has 1 fully saturated rings. The smallest absolute Gasteiger partial charge is 0.181 e. The second-order valence-electron chi connectivity index (χ2n) is 3.22. The summed E-state index contributed by atoms with van der Waals surface area (Å²) < 4.78 is 10.5. The molecule has 0 saturated carbocycles. The van der Waals surface area contributed by atoms with Crippen LogP contribution in [0.25, 0.3) is 0 Å². The first-order valence-corrected chi connectivity index (χ1v) is 3.64. The fourth-order valence-electron chi connectivity index (χ4n) is 1.27. The molecule has 0 unspecified atom stereocenters. The number of rotatable bonds is 1. The van der Waals surface area contributed by atoms with Crippen LogP contribution in [-0.2, 0) is 9.47 Å². The highest BCUT2D eigenvalue weighted by molar-refractivity contribution is 4.79. The molecule has 1 aliphatic rings. The summed E-state index contributed by atoms with van der Waals surface area (Å²) in [5.41, 5.74) is 0. The second kappa shape index (κ2) is 2.71. The van der Waals surface area contributed by atoms with E-state index >= 15 is 0 Å². The lowest BCUT2D eigenvalue weighted by molar-refractivity contribution is -0.183. The van der Waals surface area contributed by atoms with Gasteiger partial charge in [0.05, 0.1) is 6.10 Å². The van der Waals surface area contributed by atoms with Crippen molar-refractivity contribution in [3.8, 4) is 0 Å². The molecule has 1 saturated heterocycles. The molecule has 0 radical (unpaired) electrons. The fourth-order valence-corrected chi connectivity index (χ4v) is 1.27. The molecule has 4 nitrogen and oxygen atoms in total. The molecule has 0 aromatic carbocycles. The van der Waals surface area contributed by atoms with Gasteiger partial charge in [0, 0.05) is 0 Å². The Balaban J connectivity index is 2.59. The summed E-state index contributed by atoms with van der Waals surface area (Å²) in [7, 11) is 0. The second-order valence-corrected chi connectivity index (χ2v) is 3.22. The van der Waals surface area contributed by atoms with Gasteiger partial charge < -0.3 is 19.7 Å². The zero-order chi connectivity index (χ0) is 8.65. The molecule has 0 bridgehead atoms. The number of aliphatic hydroxyl groups is 2. The Morgan fingerprint density at radius 3 is 2.00 bits per heavy atom. The molecule has 66 valence electrons. The largest absolute Gasteiger partial charge is 0.366 e. The molecule has 0 amide bonds. The molecular weight excluding hydrogens is 148 g/mol. The SMILES string of the molecule is C[C@@H]1OC(C)(C)O[C@H]1C(O)O. The highest BCUT2D eigenvalue weighted by Gasteiger charge is 2.41. The zero-order valence-electron chi connectivity index (χ0n) is 6.94. The van der Waals surface area contributed by atoms with Crippen LogP contribution in [0.15, 0.2) is 0 Å². The van der Waals surface area contributed by atoms with Crippen LogP contribution >= 0.6 is 0 Å². The predicted octanol–water partition coefficient (Wildman–Crippen LogP) is -0.163. The Kier molecular flexibility index (Phi) is 2.20. The van der Waals surface area contributed by atoms with Crippen molar-refractivity contribution in [3.05, 3.63) is 0 Å². The molecule has 0 aromatic heterocycles. The van der Waals surface area contributed by atoms with Gasteiger partial charge in [-0.3, -0.25) is 0 Å². The van der Waals surface area contributed by atoms with E-state index in [0.717, 1.165) is 0 Å². The molecule has 1 rings (SSSR count). The lowest BCUT2D eigenvalue weighted by Gasteiger charge is -2.17. The lowest BCUT2D eigenvalue weighted by atomic mass is 10.2. The van der Waals surface area contributed by atoms with Crippen LogP contribution in [0.4, 0.5) is 0 Å². The number of hydrogen-bond acceptors (Lipinski definition) is 4. The topological polar surface area (TPSA) is 58.9 Å². The number of hydrogen-bond donors (Lipinski definition) is 2. The summed E-state index contributed by atoms with van der Waals surface area (Å²) >= 11 is 0. The molecule has 4 heteroatoms. The predicted molar refractivity (Wildman–Crippen MR) is 37.7 cm³/mol. The molecule has 1 heterocycles. The Morgan fingerprint density at radius 1 is 1.27 bits per heavy atom. The van der Waals surface area contributed by atoms with Gasteiger partial charge in [0.25, 0.3) is 0 Å². The van der Waals surface area contributed by atoms with E-state index in [2.05, 4.69) is 0 Å². The van der Waals surface area contributed by atoms with Crippen LogP contribution in [0, 0.1) is 0 Å². The average Bonchev–Trinajstić information content (AvgIpc) is 2.05. The van der Waals surface area contributed by atoms with Gasteiger partial charge in [-0.1, -0.05) is 0 Å². The standard InChI is InChI=1S/C7H14O4/c1-4-5(6(8)9)11-7(2,3)10-4/h4-6,8-9H,1-3H3/t4-,5+/m0/s1. The number of aliphatic hydroxyl groups excluding tert-OH is 1. The minimum Gasteiger partial charge on any atom is -0.366 e. The highest BCUT2D eigenvalue weighted by Crippen LogP contribution is 2.28. The maximum Gasteiger partial charge on any atom is 0.181 e. The summed E-state index contributed by atoms with van der Waals surface area (Å²) in [6, 6.07) is 0. The van der Waals surface area contributed by atoms with Crippen molar-refractivity contribution in [2.45, 2.75) is 45.1 Å². The van der Waals surface area contributed by atoms with Gasteiger partial charge in [-0.2, -0.15) is 0 Å². The van der Waals surface area contributed by atoms with Crippen LogP contribution < -0.4 is 0 Å². The Hall–Kier alpha value is -0.160. The van der Waals surface area contributed by atoms with E-state index in [0.29, 0.717) is 0 Å². The molecule has 0 aliphatic carbocycles. The summed E-state index contributed by atoms with van der Waals surface area (Å²) in [5.74, 6) is -0.701. The highest BCUT2D eigenvalue weighted by atomic mass is 16.8. The molecule has 0 aromatic rings. The van der Waals surface area contributed by atoms with Crippen LogP contribution in [-0.4, -0.2) is 34.5 Å². The van der Waals surface area contributed by atoms with E-state index in [1.165, 1.54) is 0 Å². The molecular formula is C7H14O4. The molecule has 0 spiro atoms. The van der Waals surface area contributed by atoms with Gasteiger partial charge in [0.2, 0.25) is 0 Å². The van der Waals surface area contributed by atoms with Crippen molar-refractivity contribution >= 4 is 0 Å². The first kappa shape index (κ1) is 8.93. The molecule has 11 heavy (non-hydrogen) atoms. The van der Waals surface area contributed by atoms with Gasteiger partial charge in [0.1, 0.15) is 6.10 Å². The normalized spacial score (nSPS) is 36.5. The van der Waals surface area contributed by atoms with Crippen LogP contribution in [0.3, 0.4) is 0 Å². The quantitative estimate of drug-likeness (QED) is 0.526. The maximum absolute atomic E-state index is 8.81. The third-order valence-corrected chi connectivity index (χ3v) is 1.65. The summed E-state index contributed by atoms with van der Waals surface area (Å²) in [4.78, 5) is 0. The molecule has 2 N–H and O–H groups in total. The van der Waals surface area contributed by atoms with Gasteiger partial charge in [-0.05, 0) is 20.8 Å². The zero-order valence-corrected chi connectivity index (χ0v) is 6.94. The first-order valence-electron chi connectivity index (χ1n) is 3.64. The average molecular weight is 162 g/mol. The summed E-state index contributed by atoms with van der Waals surface area (Å²) in [6.45, 7) is 5.23. The Bertz CT molecular complexity index is 143. The lowest BCUT2D eigenvalue weighted by Crippen LogP contribution is -2.33. The third kappa shape index (κ3) is 1.90. The minimum atomic E-state index is -1.47. The van der Waals surface area contributed by atoms with E-state index in [1.807, 2.05) is 0 Å².